The highest BCUT2D eigenvalue weighted by molar-refractivity contribution is 7.78. The van der Waals surface area contributed by atoms with Crippen LogP contribution in [0.1, 0.15) is 25.3 Å². The van der Waals surface area contributed by atoms with Crippen LogP contribution in [0.3, 0.4) is 0 Å². The number of unbranched alkanes of at least 4 members (excludes halogenated alkanes) is 1. The minimum Gasteiger partial charge on any atom is -0.194 e. The Hall–Kier alpha value is -0.980. The van der Waals surface area contributed by atoms with Gasteiger partial charge in [-0.1, -0.05) is 31.5 Å². The van der Waals surface area contributed by atoms with E-state index in [9.17, 15) is 0 Å². The molecule has 0 saturated carbocycles. The van der Waals surface area contributed by atoms with Gasteiger partial charge >= 0.3 is 0 Å². The molecule has 0 unspecified atom stereocenters. The first kappa shape index (κ1) is 10.1. The summed E-state index contributed by atoms with van der Waals surface area (Å²) in [5.74, 6) is 0. The Morgan fingerprint density at radius 2 is 2.15 bits per heavy atom. The van der Waals surface area contributed by atoms with Crippen LogP contribution in [-0.4, -0.2) is 5.16 Å². The Labute approximate surface area is 84.5 Å². The van der Waals surface area contributed by atoms with E-state index in [0.717, 1.165) is 12.1 Å². The number of aliphatic imine (C=N–C) groups is 1. The van der Waals surface area contributed by atoms with Gasteiger partial charge in [-0.3, -0.25) is 0 Å². The van der Waals surface area contributed by atoms with Crippen molar-refractivity contribution in [1.82, 2.24) is 0 Å². The van der Waals surface area contributed by atoms with Crippen molar-refractivity contribution in [2.45, 2.75) is 26.2 Å². The molecule has 0 fully saturated rings. The molecule has 0 aliphatic heterocycles. The third kappa shape index (κ3) is 3.10. The molecular formula is C11H13NS. The highest BCUT2D eigenvalue weighted by atomic mass is 32.1. The lowest BCUT2D eigenvalue weighted by Crippen LogP contribution is -1.84. The Balaban J connectivity index is 2.84. The molecule has 0 aliphatic rings. The molecule has 2 heteroatoms. The van der Waals surface area contributed by atoms with Gasteiger partial charge in [-0.05, 0) is 36.7 Å². The van der Waals surface area contributed by atoms with E-state index in [0.29, 0.717) is 0 Å². The van der Waals surface area contributed by atoms with Gasteiger partial charge in [-0.25, -0.2) is 0 Å². The van der Waals surface area contributed by atoms with Gasteiger partial charge in [-0.15, -0.1) is 0 Å². The van der Waals surface area contributed by atoms with Gasteiger partial charge in [0.05, 0.1) is 10.8 Å². The average Bonchev–Trinajstić information content (AvgIpc) is 2.17. The molecule has 1 nitrogen and oxygen atoms in total. The molecule has 1 aromatic rings. The number of isothiocyanates is 1. The number of nitrogens with zero attached hydrogens (tertiary/aromatic N) is 1. The lowest BCUT2D eigenvalue weighted by molar-refractivity contribution is 0.795. The summed E-state index contributed by atoms with van der Waals surface area (Å²) in [5.41, 5.74) is 2.23. The lowest BCUT2D eigenvalue weighted by Gasteiger charge is -2.02. The number of benzene rings is 1. The van der Waals surface area contributed by atoms with E-state index < -0.39 is 0 Å². The smallest absolute Gasteiger partial charge is 0.0771 e. The summed E-state index contributed by atoms with van der Waals surface area (Å²) in [6.07, 6.45) is 3.48. The fourth-order valence-electron chi connectivity index (χ4n) is 1.25. The van der Waals surface area contributed by atoms with Crippen molar-refractivity contribution in [3.8, 4) is 0 Å². The average molecular weight is 191 g/mol. The van der Waals surface area contributed by atoms with E-state index in [2.05, 4.69) is 35.4 Å². The highest BCUT2D eigenvalue weighted by Crippen LogP contribution is 2.19. The van der Waals surface area contributed by atoms with Crippen LogP contribution < -0.4 is 0 Å². The lowest BCUT2D eigenvalue weighted by atomic mass is 10.1. The van der Waals surface area contributed by atoms with Crippen LogP contribution >= 0.6 is 12.2 Å². The second kappa shape index (κ2) is 5.63. The summed E-state index contributed by atoms with van der Waals surface area (Å²) < 4.78 is 0. The Kier molecular flexibility index (Phi) is 4.37. The van der Waals surface area contributed by atoms with Crippen molar-refractivity contribution in [3.05, 3.63) is 29.8 Å². The molecule has 0 N–H and O–H groups in total. The maximum Gasteiger partial charge on any atom is 0.0771 e. The summed E-state index contributed by atoms with van der Waals surface area (Å²) in [6, 6.07) is 8.08. The minimum absolute atomic E-state index is 0.964. The van der Waals surface area contributed by atoms with Gasteiger partial charge < -0.3 is 0 Å². The summed E-state index contributed by atoms with van der Waals surface area (Å²) in [5, 5.41) is 2.41. The van der Waals surface area contributed by atoms with Crippen molar-refractivity contribution in [2.75, 3.05) is 0 Å². The fourth-order valence-corrected chi connectivity index (χ4v) is 1.35. The van der Waals surface area contributed by atoms with Gasteiger partial charge in [0, 0.05) is 0 Å². The number of para-hydroxylation sites is 1. The van der Waals surface area contributed by atoms with Crippen LogP contribution in [0.25, 0.3) is 0 Å². The van der Waals surface area contributed by atoms with E-state index in [-0.39, 0.29) is 0 Å². The van der Waals surface area contributed by atoms with Crippen molar-refractivity contribution >= 4 is 23.1 Å². The normalized spacial score (nSPS) is 9.31. The van der Waals surface area contributed by atoms with E-state index >= 15 is 0 Å². The van der Waals surface area contributed by atoms with Crippen LogP contribution in [0, 0.1) is 0 Å². The van der Waals surface area contributed by atoms with Gasteiger partial charge in [0.15, 0.2) is 0 Å². The molecular weight excluding hydrogens is 178 g/mol. The summed E-state index contributed by atoms with van der Waals surface area (Å²) in [6.45, 7) is 2.19. The number of rotatable bonds is 4. The molecule has 0 atom stereocenters. The monoisotopic (exact) mass is 191 g/mol. The van der Waals surface area contributed by atoms with Crippen molar-refractivity contribution in [3.63, 3.8) is 0 Å². The molecule has 1 aromatic carbocycles. The number of thiocarbonyl (C=S) groups is 1. The van der Waals surface area contributed by atoms with Crippen LogP contribution in [0.5, 0.6) is 0 Å². The van der Waals surface area contributed by atoms with Crippen LogP contribution in [-0.2, 0) is 6.42 Å². The highest BCUT2D eigenvalue weighted by Gasteiger charge is 1.98. The van der Waals surface area contributed by atoms with E-state index in [4.69, 9.17) is 0 Å². The van der Waals surface area contributed by atoms with Gasteiger partial charge in [0.1, 0.15) is 0 Å². The number of hydrogen-bond acceptors (Lipinski definition) is 2. The molecule has 0 aromatic heterocycles. The van der Waals surface area contributed by atoms with Gasteiger partial charge in [0.25, 0.3) is 0 Å². The number of aryl methyl sites for hydroxylation is 1. The van der Waals surface area contributed by atoms with E-state index in [1.165, 1.54) is 18.4 Å². The maximum absolute atomic E-state index is 4.59. The van der Waals surface area contributed by atoms with Crippen molar-refractivity contribution < 1.29 is 0 Å². The summed E-state index contributed by atoms with van der Waals surface area (Å²) in [7, 11) is 0. The molecule has 0 aliphatic carbocycles. The van der Waals surface area contributed by atoms with Crippen molar-refractivity contribution in [1.29, 1.82) is 0 Å². The minimum atomic E-state index is 0.964. The van der Waals surface area contributed by atoms with Crippen LogP contribution in [0.2, 0.25) is 0 Å². The predicted octanol–water partition coefficient (Wildman–Crippen LogP) is 3.76. The summed E-state index contributed by atoms with van der Waals surface area (Å²) >= 11 is 4.59. The Morgan fingerprint density at radius 1 is 1.38 bits per heavy atom. The van der Waals surface area contributed by atoms with Crippen LogP contribution in [0.4, 0.5) is 5.69 Å². The third-order valence-corrected chi connectivity index (χ3v) is 2.05. The molecule has 13 heavy (non-hydrogen) atoms. The first-order chi connectivity index (χ1) is 6.38. The topological polar surface area (TPSA) is 12.4 Å². The molecule has 68 valence electrons. The zero-order valence-electron chi connectivity index (χ0n) is 7.79. The zero-order valence-corrected chi connectivity index (χ0v) is 8.60. The predicted molar refractivity (Wildman–Crippen MR) is 59.7 cm³/mol. The van der Waals surface area contributed by atoms with E-state index in [1.807, 2.05) is 18.2 Å². The second-order valence-electron chi connectivity index (χ2n) is 2.94. The quantitative estimate of drug-likeness (QED) is 0.521. The largest absolute Gasteiger partial charge is 0.194 e. The standard InChI is InChI=1S/C11H13NS/c1-2-3-6-10-7-4-5-8-11(10)12-9-13/h4-5,7-8H,2-3,6H2,1H3. The zero-order chi connectivity index (χ0) is 9.52. The molecule has 1 rings (SSSR count). The summed E-state index contributed by atoms with van der Waals surface area (Å²) in [4.78, 5) is 4.02. The van der Waals surface area contributed by atoms with Crippen LogP contribution in [0.15, 0.2) is 29.3 Å². The first-order valence-corrected chi connectivity index (χ1v) is 4.95. The molecule has 0 spiro atoms. The van der Waals surface area contributed by atoms with Crippen molar-refractivity contribution in [2.24, 2.45) is 4.99 Å². The van der Waals surface area contributed by atoms with E-state index in [1.54, 1.807) is 0 Å². The Morgan fingerprint density at radius 3 is 2.85 bits per heavy atom. The molecule has 0 saturated heterocycles. The Bertz CT molecular complexity index is 314. The molecule has 0 bridgehead atoms. The molecule has 0 amide bonds. The maximum atomic E-state index is 4.59. The van der Waals surface area contributed by atoms with Gasteiger partial charge in [-0.2, -0.15) is 4.99 Å². The molecule has 0 radical (unpaired) electrons. The van der Waals surface area contributed by atoms with Gasteiger partial charge in [0.2, 0.25) is 0 Å². The SMILES string of the molecule is CCCCc1ccccc1N=C=S. The molecule has 0 heterocycles. The second-order valence-corrected chi connectivity index (χ2v) is 3.12. The fraction of sp³-hybridized carbons (Fsp3) is 0.364. The third-order valence-electron chi connectivity index (χ3n) is 1.96. The number of hydrogen-bond donors (Lipinski definition) is 0. The first-order valence-electron chi connectivity index (χ1n) is 4.54.